The number of aromatic nitrogens is 2. The van der Waals surface area contributed by atoms with Gasteiger partial charge in [-0.1, -0.05) is 12.8 Å². The van der Waals surface area contributed by atoms with E-state index >= 15 is 0 Å². The number of aliphatic hydroxyl groups excluding tert-OH is 1. The number of aryl methyl sites for hydroxylation is 1. The third kappa shape index (κ3) is 2.73. The van der Waals surface area contributed by atoms with Crippen LogP contribution in [0.1, 0.15) is 43.1 Å². The predicted octanol–water partition coefficient (Wildman–Crippen LogP) is 0.861. The molecule has 0 saturated heterocycles. The van der Waals surface area contributed by atoms with E-state index in [0.29, 0.717) is 12.2 Å². The molecule has 0 aromatic carbocycles. The fraction of sp³-hybridized carbons (Fsp3) is 0.692. The molecule has 1 aromatic heterocycles. The van der Waals surface area contributed by atoms with Gasteiger partial charge in [-0.3, -0.25) is 9.48 Å². The number of amides is 1. The molecule has 19 heavy (non-hydrogen) atoms. The molecule has 106 valence electrons. The Morgan fingerprint density at radius 1 is 1.58 bits per heavy atom. The number of nitrogen functional groups attached to an aromatic ring is 1. The van der Waals surface area contributed by atoms with Crippen molar-refractivity contribution >= 4 is 11.6 Å². The number of aliphatic hydroxyl groups is 1. The van der Waals surface area contributed by atoms with Gasteiger partial charge in [0.1, 0.15) is 0 Å². The summed E-state index contributed by atoms with van der Waals surface area (Å²) in [4.78, 5) is 14.0. The normalized spacial score (nSPS) is 23.3. The number of nitrogens with zero attached hydrogens (tertiary/aromatic N) is 3. The molecule has 1 aliphatic rings. The lowest BCUT2D eigenvalue weighted by atomic mass is 9.91. The minimum Gasteiger partial charge on any atom is -0.396 e. The van der Waals surface area contributed by atoms with Gasteiger partial charge < -0.3 is 15.7 Å². The molecule has 2 atom stereocenters. The molecule has 0 bridgehead atoms. The number of rotatable bonds is 3. The summed E-state index contributed by atoms with van der Waals surface area (Å²) in [5.41, 5.74) is 6.50. The first-order valence-corrected chi connectivity index (χ1v) is 6.82. The molecule has 0 radical (unpaired) electrons. The van der Waals surface area contributed by atoms with Crippen LogP contribution in [0, 0.1) is 0 Å². The predicted molar refractivity (Wildman–Crippen MR) is 72.7 cm³/mol. The first kappa shape index (κ1) is 13.9. The van der Waals surface area contributed by atoms with Crippen molar-refractivity contribution in [3.05, 3.63) is 11.9 Å². The lowest BCUT2D eigenvalue weighted by Crippen LogP contribution is -2.46. The smallest absolute Gasteiger partial charge is 0.276 e. The number of carbonyl (C=O) groups is 1. The molecule has 6 heteroatoms. The maximum absolute atomic E-state index is 12.4. The van der Waals surface area contributed by atoms with Crippen LogP contribution < -0.4 is 5.73 Å². The summed E-state index contributed by atoms with van der Waals surface area (Å²) in [7, 11) is 1.71. The van der Waals surface area contributed by atoms with Crippen LogP contribution in [0.4, 0.5) is 5.69 Å². The molecule has 1 aliphatic carbocycles. The van der Waals surface area contributed by atoms with Crippen molar-refractivity contribution in [1.29, 1.82) is 0 Å². The van der Waals surface area contributed by atoms with E-state index in [9.17, 15) is 9.90 Å². The first-order chi connectivity index (χ1) is 9.04. The largest absolute Gasteiger partial charge is 0.396 e. The summed E-state index contributed by atoms with van der Waals surface area (Å²) in [6.07, 6.45) is 4.86. The highest BCUT2D eigenvalue weighted by atomic mass is 16.3. The number of hydrogen-bond acceptors (Lipinski definition) is 4. The Hall–Kier alpha value is -1.56. The quantitative estimate of drug-likeness (QED) is 0.850. The maximum Gasteiger partial charge on any atom is 0.276 e. The highest BCUT2D eigenvalue weighted by Gasteiger charge is 2.31. The van der Waals surface area contributed by atoms with E-state index in [0.717, 1.165) is 25.7 Å². The molecule has 1 saturated carbocycles. The Labute approximate surface area is 113 Å². The molecule has 1 fully saturated rings. The summed E-state index contributed by atoms with van der Waals surface area (Å²) >= 11 is 0. The number of anilines is 1. The van der Waals surface area contributed by atoms with Crippen LogP contribution in [0.25, 0.3) is 0 Å². The lowest BCUT2D eigenvalue weighted by Gasteiger charge is -2.34. The minimum absolute atomic E-state index is 0.132. The zero-order valence-electron chi connectivity index (χ0n) is 11.5. The van der Waals surface area contributed by atoms with E-state index in [1.54, 1.807) is 22.8 Å². The van der Waals surface area contributed by atoms with Crippen molar-refractivity contribution in [2.75, 3.05) is 12.8 Å². The summed E-state index contributed by atoms with van der Waals surface area (Å²) < 4.78 is 1.65. The van der Waals surface area contributed by atoms with Crippen molar-refractivity contribution in [1.82, 2.24) is 14.7 Å². The monoisotopic (exact) mass is 266 g/mol. The first-order valence-electron chi connectivity index (χ1n) is 6.82. The Bertz CT molecular complexity index is 457. The average molecular weight is 266 g/mol. The second-order valence-corrected chi connectivity index (χ2v) is 5.12. The Balaban J connectivity index is 2.15. The van der Waals surface area contributed by atoms with Gasteiger partial charge in [-0.2, -0.15) is 5.10 Å². The van der Waals surface area contributed by atoms with Crippen LogP contribution in [0.3, 0.4) is 0 Å². The van der Waals surface area contributed by atoms with E-state index in [1.165, 1.54) is 0 Å². The standard InChI is InChI=1S/C13H22N4O2/c1-3-17-8-9(14)12(15-17)13(19)16(2)10-6-4-5-7-11(10)18/h8,10-11,18H,3-7,14H2,1-2H3. The Morgan fingerprint density at radius 2 is 2.26 bits per heavy atom. The van der Waals surface area contributed by atoms with Gasteiger partial charge in [0.05, 0.1) is 17.8 Å². The van der Waals surface area contributed by atoms with Gasteiger partial charge in [0.15, 0.2) is 5.69 Å². The highest BCUT2D eigenvalue weighted by Crippen LogP contribution is 2.24. The zero-order valence-corrected chi connectivity index (χ0v) is 11.5. The van der Waals surface area contributed by atoms with Gasteiger partial charge >= 0.3 is 0 Å². The Morgan fingerprint density at radius 3 is 2.84 bits per heavy atom. The molecule has 1 heterocycles. The maximum atomic E-state index is 12.4. The van der Waals surface area contributed by atoms with Crippen molar-refractivity contribution < 1.29 is 9.90 Å². The fourth-order valence-corrected chi connectivity index (χ4v) is 2.63. The zero-order chi connectivity index (χ0) is 14.0. The van der Waals surface area contributed by atoms with Crippen molar-refractivity contribution in [3.8, 4) is 0 Å². The van der Waals surface area contributed by atoms with Crippen LogP contribution >= 0.6 is 0 Å². The molecule has 3 N–H and O–H groups in total. The second-order valence-electron chi connectivity index (χ2n) is 5.12. The highest BCUT2D eigenvalue weighted by molar-refractivity contribution is 5.97. The van der Waals surface area contributed by atoms with Crippen LogP contribution in [0.5, 0.6) is 0 Å². The van der Waals surface area contributed by atoms with Crippen molar-refractivity contribution in [2.45, 2.75) is 51.3 Å². The van der Waals surface area contributed by atoms with Gasteiger partial charge in [-0.05, 0) is 19.8 Å². The van der Waals surface area contributed by atoms with Gasteiger partial charge in [0.2, 0.25) is 0 Å². The van der Waals surface area contributed by atoms with Gasteiger partial charge in [-0.25, -0.2) is 0 Å². The molecule has 1 aromatic rings. The molecule has 2 rings (SSSR count). The molecule has 1 amide bonds. The number of carbonyl (C=O) groups excluding carboxylic acids is 1. The van der Waals surface area contributed by atoms with Gasteiger partial charge in [0, 0.05) is 19.8 Å². The molecule has 2 unspecified atom stereocenters. The summed E-state index contributed by atoms with van der Waals surface area (Å²) in [5.74, 6) is -0.212. The van der Waals surface area contributed by atoms with Crippen molar-refractivity contribution in [2.24, 2.45) is 0 Å². The topological polar surface area (TPSA) is 84.4 Å². The van der Waals surface area contributed by atoms with Crippen LogP contribution in [0.2, 0.25) is 0 Å². The van der Waals surface area contributed by atoms with Crippen LogP contribution in [-0.4, -0.2) is 44.9 Å². The van der Waals surface area contributed by atoms with Crippen LogP contribution in [0.15, 0.2) is 6.20 Å². The number of hydrogen-bond donors (Lipinski definition) is 2. The second kappa shape index (κ2) is 5.61. The third-order valence-electron chi connectivity index (χ3n) is 3.83. The van der Waals surface area contributed by atoms with Gasteiger partial charge in [0.25, 0.3) is 5.91 Å². The fourth-order valence-electron chi connectivity index (χ4n) is 2.63. The van der Waals surface area contributed by atoms with E-state index < -0.39 is 6.10 Å². The third-order valence-corrected chi connectivity index (χ3v) is 3.83. The molecule has 6 nitrogen and oxygen atoms in total. The Kier molecular flexibility index (Phi) is 4.09. The molecule has 0 spiro atoms. The van der Waals surface area contributed by atoms with E-state index in [2.05, 4.69) is 5.10 Å². The summed E-state index contributed by atoms with van der Waals surface area (Å²) in [6.45, 7) is 2.61. The molecular formula is C13H22N4O2. The number of nitrogens with two attached hydrogens (primary N) is 1. The lowest BCUT2D eigenvalue weighted by molar-refractivity contribution is 0.0264. The number of likely N-dealkylation sites (N-methyl/N-ethyl adjacent to an activating group) is 1. The summed E-state index contributed by atoms with van der Waals surface area (Å²) in [6, 6.07) is -0.132. The molecular weight excluding hydrogens is 244 g/mol. The minimum atomic E-state index is -0.447. The average Bonchev–Trinajstić information content (AvgIpc) is 2.79. The van der Waals surface area contributed by atoms with E-state index in [4.69, 9.17) is 5.73 Å². The van der Waals surface area contributed by atoms with E-state index in [1.807, 2.05) is 6.92 Å². The summed E-state index contributed by atoms with van der Waals surface area (Å²) in [5, 5.41) is 14.2. The van der Waals surface area contributed by atoms with Gasteiger partial charge in [-0.15, -0.1) is 0 Å². The molecule has 0 aliphatic heterocycles. The SMILES string of the molecule is CCn1cc(N)c(C(=O)N(C)C2CCCCC2O)n1. The van der Waals surface area contributed by atoms with Crippen LogP contribution in [-0.2, 0) is 6.54 Å². The van der Waals surface area contributed by atoms with E-state index in [-0.39, 0.29) is 17.6 Å². The van der Waals surface area contributed by atoms with Crippen molar-refractivity contribution in [3.63, 3.8) is 0 Å².